The average Bonchev–Trinajstić information content (AvgIpc) is 2.45. The third kappa shape index (κ3) is 2.84. The molecule has 6 heteroatoms. The molecule has 0 N–H and O–H groups in total. The molecule has 1 aromatic carbocycles. The Morgan fingerprint density at radius 1 is 1.24 bits per heavy atom. The van der Waals surface area contributed by atoms with Crippen LogP contribution in [0.15, 0.2) is 24.4 Å². The fourth-order valence-corrected chi connectivity index (χ4v) is 2.46. The zero-order chi connectivity index (χ0) is 15.0. The SMILES string of the molecule is Cc1cnc2ccc(C(=O)N3CCC(F)(F)CC3)cc2n1. The normalized spacial score (nSPS) is 18.0. The van der Waals surface area contributed by atoms with Gasteiger partial charge in [-0.1, -0.05) is 0 Å². The molecule has 1 saturated heterocycles. The summed E-state index contributed by atoms with van der Waals surface area (Å²) in [4.78, 5) is 22.4. The molecule has 0 spiro atoms. The Bertz CT molecular complexity index is 692. The highest BCUT2D eigenvalue weighted by atomic mass is 19.3. The summed E-state index contributed by atoms with van der Waals surface area (Å²) >= 11 is 0. The van der Waals surface area contributed by atoms with E-state index in [9.17, 15) is 13.6 Å². The van der Waals surface area contributed by atoms with Crippen molar-refractivity contribution < 1.29 is 13.6 Å². The lowest BCUT2D eigenvalue weighted by molar-refractivity contribution is -0.0494. The zero-order valence-corrected chi connectivity index (χ0v) is 11.6. The number of amides is 1. The lowest BCUT2D eigenvalue weighted by Gasteiger charge is -2.31. The van der Waals surface area contributed by atoms with E-state index in [0.717, 1.165) is 5.69 Å². The van der Waals surface area contributed by atoms with Gasteiger partial charge in [0.05, 0.1) is 16.7 Å². The number of piperidine rings is 1. The quantitative estimate of drug-likeness (QED) is 0.811. The van der Waals surface area contributed by atoms with Crippen molar-refractivity contribution in [2.24, 2.45) is 0 Å². The van der Waals surface area contributed by atoms with Crippen molar-refractivity contribution in [2.75, 3.05) is 13.1 Å². The molecule has 110 valence electrons. The molecule has 1 amide bonds. The Balaban J connectivity index is 1.85. The van der Waals surface area contributed by atoms with Crippen LogP contribution in [0.4, 0.5) is 8.78 Å². The first-order chi connectivity index (χ1) is 9.94. The Labute approximate surface area is 120 Å². The van der Waals surface area contributed by atoms with Crippen molar-refractivity contribution in [1.29, 1.82) is 0 Å². The first kappa shape index (κ1) is 13.9. The van der Waals surface area contributed by atoms with Crippen LogP contribution in [0.2, 0.25) is 0 Å². The van der Waals surface area contributed by atoms with Gasteiger partial charge < -0.3 is 4.90 Å². The number of likely N-dealkylation sites (tertiary alicyclic amines) is 1. The fraction of sp³-hybridized carbons (Fsp3) is 0.400. The number of hydrogen-bond donors (Lipinski definition) is 0. The zero-order valence-electron chi connectivity index (χ0n) is 11.6. The highest BCUT2D eigenvalue weighted by molar-refractivity contribution is 5.97. The minimum atomic E-state index is -2.65. The number of halogens is 2. The number of rotatable bonds is 1. The van der Waals surface area contributed by atoms with Crippen LogP contribution in [0.25, 0.3) is 11.0 Å². The number of hydrogen-bond acceptors (Lipinski definition) is 3. The second-order valence-electron chi connectivity index (χ2n) is 5.36. The maximum absolute atomic E-state index is 13.1. The first-order valence-corrected chi connectivity index (χ1v) is 6.85. The molecule has 4 nitrogen and oxygen atoms in total. The Kier molecular flexibility index (Phi) is 3.31. The highest BCUT2D eigenvalue weighted by Gasteiger charge is 2.35. The number of nitrogens with zero attached hydrogens (tertiary/aromatic N) is 3. The molecular weight excluding hydrogens is 276 g/mol. The Morgan fingerprint density at radius 3 is 2.67 bits per heavy atom. The van der Waals surface area contributed by atoms with Crippen molar-refractivity contribution in [1.82, 2.24) is 14.9 Å². The van der Waals surface area contributed by atoms with Crippen LogP contribution in [0.1, 0.15) is 28.9 Å². The molecule has 1 aliphatic rings. The molecule has 2 aromatic rings. The molecule has 21 heavy (non-hydrogen) atoms. The van der Waals surface area contributed by atoms with E-state index in [1.165, 1.54) is 4.90 Å². The lowest BCUT2D eigenvalue weighted by atomic mass is 10.1. The van der Waals surface area contributed by atoms with Gasteiger partial charge in [0.15, 0.2) is 0 Å². The summed E-state index contributed by atoms with van der Waals surface area (Å²) in [5, 5.41) is 0. The number of fused-ring (bicyclic) bond motifs is 1. The van der Waals surface area contributed by atoms with Gasteiger partial charge in [0.2, 0.25) is 0 Å². The van der Waals surface area contributed by atoms with Crippen molar-refractivity contribution in [3.63, 3.8) is 0 Å². The van der Waals surface area contributed by atoms with Crippen LogP contribution < -0.4 is 0 Å². The molecule has 2 heterocycles. The molecule has 1 aromatic heterocycles. The second kappa shape index (κ2) is 5.02. The van der Waals surface area contributed by atoms with Crippen LogP contribution in [0.3, 0.4) is 0 Å². The van der Waals surface area contributed by atoms with Gasteiger partial charge in [-0.15, -0.1) is 0 Å². The number of benzene rings is 1. The number of aryl methyl sites for hydroxylation is 1. The van der Waals surface area contributed by atoms with Gasteiger partial charge in [-0.05, 0) is 25.1 Å². The minimum Gasteiger partial charge on any atom is -0.338 e. The molecule has 0 saturated carbocycles. The Morgan fingerprint density at radius 2 is 1.95 bits per heavy atom. The molecule has 1 aliphatic heterocycles. The number of aromatic nitrogens is 2. The molecule has 0 aliphatic carbocycles. The Hall–Kier alpha value is -2.11. The maximum Gasteiger partial charge on any atom is 0.253 e. The van der Waals surface area contributed by atoms with Crippen molar-refractivity contribution >= 4 is 16.9 Å². The standard InChI is InChI=1S/C15H15F2N3O/c1-10-9-18-12-3-2-11(8-13(12)19-10)14(21)20-6-4-15(16,17)5-7-20/h2-3,8-9H,4-7H2,1H3. The third-order valence-corrected chi connectivity index (χ3v) is 3.69. The molecule has 0 radical (unpaired) electrons. The van der Waals surface area contributed by atoms with Gasteiger partial charge in [0.1, 0.15) is 0 Å². The molecule has 0 unspecified atom stereocenters. The number of alkyl halides is 2. The van der Waals surface area contributed by atoms with Crippen LogP contribution in [-0.4, -0.2) is 39.8 Å². The summed E-state index contributed by atoms with van der Waals surface area (Å²) in [6, 6.07) is 5.07. The predicted octanol–water partition coefficient (Wildman–Crippen LogP) is 2.81. The average molecular weight is 291 g/mol. The molecule has 0 atom stereocenters. The van der Waals surface area contributed by atoms with Gasteiger partial charge >= 0.3 is 0 Å². The van der Waals surface area contributed by atoms with E-state index in [-0.39, 0.29) is 31.8 Å². The summed E-state index contributed by atoms with van der Waals surface area (Å²) in [6.45, 7) is 2.00. The van der Waals surface area contributed by atoms with E-state index in [1.54, 1.807) is 24.4 Å². The van der Waals surface area contributed by atoms with Crippen molar-refractivity contribution in [3.8, 4) is 0 Å². The maximum atomic E-state index is 13.1. The van der Waals surface area contributed by atoms with Crippen LogP contribution in [-0.2, 0) is 0 Å². The van der Waals surface area contributed by atoms with E-state index in [2.05, 4.69) is 9.97 Å². The monoisotopic (exact) mass is 291 g/mol. The summed E-state index contributed by atoms with van der Waals surface area (Å²) in [7, 11) is 0. The van der Waals surface area contributed by atoms with E-state index < -0.39 is 5.92 Å². The van der Waals surface area contributed by atoms with Crippen LogP contribution in [0, 0.1) is 6.92 Å². The van der Waals surface area contributed by atoms with Crippen molar-refractivity contribution in [2.45, 2.75) is 25.7 Å². The number of carbonyl (C=O) groups is 1. The fourth-order valence-electron chi connectivity index (χ4n) is 2.46. The van der Waals surface area contributed by atoms with Crippen molar-refractivity contribution in [3.05, 3.63) is 35.7 Å². The predicted molar refractivity (Wildman–Crippen MR) is 74.4 cm³/mol. The van der Waals surface area contributed by atoms with E-state index >= 15 is 0 Å². The van der Waals surface area contributed by atoms with Gasteiger partial charge in [-0.2, -0.15) is 0 Å². The van der Waals surface area contributed by atoms with Crippen LogP contribution >= 0.6 is 0 Å². The van der Waals surface area contributed by atoms with E-state index in [1.807, 2.05) is 6.92 Å². The van der Waals surface area contributed by atoms with Crippen LogP contribution in [0.5, 0.6) is 0 Å². The molecule has 3 rings (SSSR count). The lowest BCUT2D eigenvalue weighted by Crippen LogP contribution is -2.42. The van der Waals surface area contributed by atoms with Gasteiger partial charge in [-0.3, -0.25) is 9.78 Å². The van der Waals surface area contributed by atoms with Gasteiger partial charge in [0, 0.05) is 37.7 Å². The molecule has 0 bridgehead atoms. The summed E-state index contributed by atoms with van der Waals surface area (Å²) in [6.07, 6.45) is 1.12. The first-order valence-electron chi connectivity index (χ1n) is 6.85. The smallest absolute Gasteiger partial charge is 0.253 e. The number of carbonyl (C=O) groups excluding carboxylic acids is 1. The topological polar surface area (TPSA) is 46.1 Å². The molecular formula is C15H15F2N3O. The van der Waals surface area contributed by atoms with E-state index in [0.29, 0.717) is 16.6 Å². The van der Waals surface area contributed by atoms with Gasteiger partial charge in [-0.25, -0.2) is 13.8 Å². The molecule has 1 fully saturated rings. The highest BCUT2D eigenvalue weighted by Crippen LogP contribution is 2.28. The summed E-state index contributed by atoms with van der Waals surface area (Å²) in [5.74, 6) is -2.88. The summed E-state index contributed by atoms with van der Waals surface area (Å²) < 4.78 is 26.3. The summed E-state index contributed by atoms with van der Waals surface area (Å²) in [5.41, 5.74) is 2.59. The third-order valence-electron chi connectivity index (χ3n) is 3.69. The van der Waals surface area contributed by atoms with E-state index in [4.69, 9.17) is 0 Å². The minimum absolute atomic E-state index is 0.0867. The second-order valence-corrected chi connectivity index (χ2v) is 5.36. The largest absolute Gasteiger partial charge is 0.338 e. The van der Waals surface area contributed by atoms with Gasteiger partial charge in [0.25, 0.3) is 11.8 Å².